The zero-order chi connectivity index (χ0) is 13.0. The topological polar surface area (TPSA) is 42.2 Å². The summed E-state index contributed by atoms with van der Waals surface area (Å²) in [5.41, 5.74) is 6.96. The minimum atomic E-state index is 0.239. The van der Waals surface area contributed by atoms with Crippen molar-refractivity contribution in [1.82, 2.24) is 9.88 Å². The molecule has 0 radical (unpaired) electrons. The third kappa shape index (κ3) is 3.38. The van der Waals surface area contributed by atoms with Crippen LogP contribution in [-0.2, 0) is 6.54 Å². The van der Waals surface area contributed by atoms with Crippen molar-refractivity contribution < 1.29 is 0 Å². The molecule has 1 unspecified atom stereocenters. The van der Waals surface area contributed by atoms with Crippen LogP contribution in [0.4, 0.5) is 0 Å². The van der Waals surface area contributed by atoms with Gasteiger partial charge in [-0.1, -0.05) is 6.07 Å². The molecule has 0 aliphatic heterocycles. The van der Waals surface area contributed by atoms with E-state index in [2.05, 4.69) is 44.3 Å². The summed E-state index contributed by atoms with van der Waals surface area (Å²) < 4.78 is 1.12. The summed E-state index contributed by atoms with van der Waals surface area (Å²) in [5, 5.41) is 2.09. The fraction of sp³-hybridized carbons (Fsp3) is 0.308. The maximum atomic E-state index is 5.90. The van der Waals surface area contributed by atoms with Crippen LogP contribution >= 0.6 is 27.3 Å². The van der Waals surface area contributed by atoms with Crippen LogP contribution in [0.3, 0.4) is 0 Å². The Morgan fingerprint density at radius 2 is 2.33 bits per heavy atom. The quantitative estimate of drug-likeness (QED) is 0.918. The lowest BCUT2D eigenvalue weighted by molar-refractivity contribution is 0.242. The van der Waals surface area contributed by atoms with Gasteiger partial charge in [0, 0.05) is 34.0 Å². The van der Waals surface area contributed by atoms with E-state index in [1.165, 1.54) is 4.88 Å². The largest absolute Gasteiger partial charge is 0.329 e. The lowest BCUT2D eigenvalue weighted by atomic mass is 10.2. The molecule has 0 spiro atoms. The molecule has 2 rings (SSSR count). The van der Waals surface area contributed by atoms with E-state index in [1.54, 1.807) is 11.3 Å². The first kappa shape index (κ1) is 13.7. The third-order valence-corrected chi connectivity index (χ3v) is 4.60. The summed E-state index contributed by atoms with van der Waals surface area (Å²) >= 11 is 5.22. The normalized spacial score (nSPS) is 12.9. The lowest BCUT2D eigenvalue weighted by Gasteiger charge is -2.25. The van der Waals surface area contributed by atoms with Gasteiger partial charge in [-0.25, -0.2) is 0 Å². The number of hydrogen-bond donors (Lipinski definition) is 1. The summed E-state index contributed by atoms with van der Waals surface area (Å²) in [6.07, 6.45) is 1.82. The second-order valence-electron chi connectivity index (χ2n) is 4.15. The first-order valence-electron chi connectivity index (χ1n) is 5.75. The minimum absolute atomic E-state index is 0.239. The van der Waals surface area contributed by atoms with Crippen molar-refractivity contribution in [2.75, 3.05) is 13.6 Å². The fourth-order valence-corrected chi connectivity index (χ4v) is 3.50. The summed E-state index contributed by atoms with van der Waals surface area (Å²) in [4.78, 5) is 7.86. The molecule has 0 saturated carbocycles. The first-order chi connectivity index (χ1) is 8.70. The van der Waals surface area contributed by atoms with Crippen LogP contribution in [0.25, 0.3) is 0 Å². The van der Waals surface area contributed by atoms with Crippen LogP contribution in [0, 0.1) is 0 Å². The molecule has 1 atom stereocenters. The average molecular weight is 326 g/mol. The zero-order valence-corrected chi connectivity index (χ0v) is 12.6. The van der Waals surface area contributed by atoms with E-state index < -0.39 is 0 Å². The minimum Gasteiger partial charge on any atom is -0.329 e. The second kappa shape index (κ2) is 6.43. The van der Waals surface area contributed by atoms with Crippen molar-refractivity contribution in [3.05, 3.63) is 50.9 Å². The van der Waals surface area contributed by atoms with Gasteiger partial charge in [0.2, 0.25) is 0 Å². The number of nitrogens with two attached hydrogens (primary N) is 1. The SMILES string of the molecule is CN(Cc1ccccn1)C(CN)c1cc(Br)cs1. The highest BCUT2D eigenvalue weighted by Crippen LogP contribution is 2.28. The first-order valence-corrected chi connectivity index (χ1v) is 7.42. The highest BCUT2D eigenvalue weighted by atomic mass is 79.9. The molecule has 0 bridgehead atoms. The summed E-state index contributed by atoms with van der Waals surface area (Å²) in [6.45, 7) is 1.41. The summed E-state index contributed by atoms with van der Waals surface area (Å²) in [5.74, 6) is 0. The predicted octanol–water partition coefficient (Wildman–Crippen LogP) is 3.04. The van der Waals surface area contributed by atoms with Gasteiger partial charge in [0.05, 0.1) is 11.7 Å². The van der Waals surface area contributed by atoms with Crippen LogP contribution in [-0.4, -0.2) is 23.5 Å². The molecule has 2 aromatic heterocycles. The van der Waals surface area contributed by atoms with E-state index in [4.69, 9.17) is 5.73 Å². The maximum Gasteiger partial charge on any atom is 0.0565 e. The van der Waals surface area contributed by atoms with Gasteiger partial charge >= 0.3 is 0 Å². The van der Waals surface area contributed by atoms with E-state index in [9.17, 15) is 0 Å². The highest BCUT2D eigenvalue weighted by molar-refractivity contribution is 9.10. The molecule has 0 aromatic carbocycles. The Kier molecular flexibility index (Phi) is 4.88. The molecule has 5 heteroatoms. The molecule has 3 nitrogen and oxygen atoms in total. The monoisotopic (exact) mass is 325 g/mol. The van der Waals surface area contributed by atoms with E-state index in [-0.39, 0.29) is 6.04 Å². The van der Waals surface area contributed by atoms with Gasteiger partial charge < -0.3 is 5.73 Å². The summed E-state index contributed by atoms with van der Waals surface area (Å²) in [6, 6.07) is 8.35. The molecular weight excluding hydrogens is 310 g/mol. The Morgan fingerprint density at radius 1 is 1.50 bits per heavy atom. The molecule has 0 aliphatic rings. The summed E-state index contributed by atoms with van der Waals surface area (Å²) in [7, 11) is 2.08. The second-order valence-corrected chi connectivity index (χ2v) is 6.01. The fourth-order valence-electron chi connectivity index (χ4n) is 1.87. The molecule has 18 heavy (non-hydrogen) atoms. The Hall–Kier alpha value is -0.750. The number of pyridine rings is 1. The highest BCUT2D eigenvalue weighted by Gasteiger charge is 2.17. The molecule has 2 heterocycles. The van der Waals surface area contributed by atoms with Gasteiger partial charge in [0.15, 0.2) is 0 Å². The molecule has 0 fully saturated rings. The number of halogens is 1. The van der Waals surface area contributed by atoms with Gasteiger partial charge in [-0.2, -0.15) is 0 Å². The number of nitrogens with zero attached hydrogens (tertiary/aromatic N) is 2. The zero-order valence-electron chi connectivity index (χ0n) is 10.2. The molecular formula is C13H16BrN3S. The van der Waals surface area contributed by atoms with Crippen LogP contribution in [0.2, 0.25) is 0 Å². The van der Waals surface area contributed by atoms with Gasteiger partial charge in [0.25, 0.3) is 0 Å². The van der Waals surface area contributed by atoms with Gasteiger partial charge in [-0.3, -0.25) is 9.88 Å². The van der Waals surface area contributed by atoms with Gasteiger partial charge in [0.1, 0.15) is 0 Å². The van der Waals surface area contributed by atoms with Crippen molar-refractivity contribution >= 4 is 27.3 Å². The molecule has 96 valence electrons. The van der Waals surface area contributed by atoms with Crippen molar-refractivity contribution in [2.24, 2.45) is 5.73 Å². The average Bonchev–Trinajstić information content (AvgIpc) is 2.78. The van der Waals surface area contributed by atoms with Crippen LogP contribution in [0.1, 0.15) is 16.6 Å². The third-order valence-electron chi connectivity index (χ3n) is 2.81. The van der Waals surface area contributed by atoms with Crippen molar-refractivity contribution in [1.29, 1.82) is 0 Å². The molecule has 2 N–H and O–H groups in total. The van der Waals surface area contributed by atoms with E-state index in [1.807, 2.05) is 24.4 Å². The molecule has 2 aromatic rings. The van der Waals surface area contributed by atoms with Crippen molar-refractivity contribution in [3.8, 4) is 0 Å². The lowest BCUT2D eigenvalue weighted by Crippen LogP contribution is -2.29. The number of hydrogen-bond acceptors (Lipinski definition) is 4. The Balaban J connectivity index is 2.08. The van der Waals surface area contributed by atoms with Gasteiger partial charge in [-0.15, -0.1) is 11.3 Å². The Morgan fingerprint density at radius 3 is 2.89 bits per heavy atom. The molecule has 0 saturated heterocycles. The Labute approximate surface area is 120 Å². The number of rotatable bonds is 5. The van der Waals surface area contributed by atoms with Crippen LogP contribution < -0.4 is 5.73 Å². The van der Waals surface area contributed by atoms with E-state index in [0.29, 0.717) is 6.54 Å². The standard InChI is InChI=1S/C13H16BrN3S/c1-17(8-11-4-2-3-5-16-11)12(7-15)13-6-10(14)9-18-13/h2-6,9,12H,7-8,15H2,1H3. The number of likely N-dealkylation sites (N-methyl/N-ethyl adjacent to an activating group) is 1. The molecule has 0 amide bonds. The molecule has 0 aliphatic carbocycles. The van der Waals surface area contributed by atoms with Crippen molar-refractivity contribution in [2.45, 2.75) is 12.6 Å². The number of thiophene rings is 1. The smallest absolute Gasteiger partial charge is 0.0565 e. The van der Waals surface area contributed by atoms with E-state index >= 15 is 0 Å². The van der Waals surface area contributed by atoms with Gasteiger partial charge in [-0.05, 0) is 41.2 Å². The van der Waals surface area contributed by atoms with Crippen molar-refractivity contribution in [3.63, 3.8) is 0 Å². The van der Waals surface area contributed by atoms with Crippen LogP contribution in [0.15, 0.2) is 40.3 Å². The van der Waals surface area contributed by atoms with Crippen LogP contribution in [0.5, 0.6) is 0 Å². The predicted molar refractivity (Wildman–Crippen MR) is 79.5 cm³/mol. The Bertz CT molecular complexity index is 486. The number of aromatic nitrogens is 1. The maximum absolute atomic E-state index is 5.90. The van der Waals surface area contributed by atoms with E-state index in [0.717, 1.165) is 16.7 Å².